The summed E-state index contributed by atoms with van der Waals surface area (Å²) < 4.78 is 6.84. The van der Waals surface area contributed by atoms with Gasteiger partial charge in [0.2, 0.25) is 0 Å². The maximum absolute atomic E-state index is 11.3. The number of fused-ring (bicyclic) bond motifs is 1. The predicted octanol–water partition coefficient (Wildman–Crippen LogP) is 1.70. The van der Waals surface area contributed by atoms with E-state index in [9.17, 15) is 9.59 Å². The largest absolute Gasteiger partial charge is 0.465 e. The maximum Gasteiger partial charge on any atom is 0.339 e. The number of nitrogens with zero attached hydrogens (tertiary/aromatic N) is 2. The van der Waals surface area contributed by atoms with E-state index in [1.165, 1.54) is 7.11 Å². The Hall–Kier alpha value is -1.69. The number of aldehydes is 1. The van der Waals surface area contributed by atoms with E-state index in [1.807, 2.05) is 0 Å². The first-order valence-corrected chi connectivity index (χ1v) is 5.16. The van der Waals surface area contributed by atoms with Crippen LogP contribution in [0.2, 0.25) is 0 Å². The number of ether oxygens (including phenoxy) is 1. The second-order valence-electron chi connectivity index (χ2n) is 3.08. The third-order valence-corrected chi connectivity index (χ3v) is 2.65. The minimum Gasteiger partial charge on any atom is -0.465 e. The fourth-order valence-electron chi connectivity index (χ4n) is 1.36. The summed E-state index contributed by atoms with van der Waals surface area (Å²) >= 11 is 3.28. The molecule has 0 saturated heterocycles. The second kappa shape index (κ2) is 4.05. The van der Waals surface area contributed by atoms with Gasteiger partial charge in [0.25, 0.3) is 0 Å². The molecule has 82 valence electrons. The number of pyridine rings is 1. The van der Waals surface area contributed by atoms with Gasteiger partial charge in [-0.3, -0.25) is 4.79 Å². The van der Waals surface area contributed by atoms with Gasteiger partial charge in [-0.15, -0.1) is 0 Å². The van der Waals surface area contributed by atoms with E-state index in [4.69, 9.17) is 0 Å². The summed E-state index contributed by atoms with van der Waals surface area (Å²) in [5.74, 6) is -0.441. The van der Waals surface area contributed by atoms with Crippen LogP contribution in [0.1, 0.15) is 20.8 Å². The number of methoxy groups -OCH3 is 1. The molecule has 0 amide bonds. The molecule has 0 aliphatic heterocycles. The SMILES string of the molecule is COC(=O)c1cc(Br)c2nc(C=O)cn2c1. The Morgan fingerprint density at radius 1 is 1.56 bits per heavy atom. The van der Waals surface area contributed by atoms with E-state index in [-0.39, 0.29) is 0 Å². The Bertz CT molecular complexity index is 577. The average molecular weight is 283 g/mol. The Morgan fingerprint density at radius 2 is 2.31 bits per heavy atom. The van der Waals surface area contributed by atoms with Crippen molar-refractivity contribution in [2.75, 3.05) is 7.11 Å². The molecule has 0 fully saturated rings. The van der Waals surface area contributed by atoms with Crippen LogP contribution in [-0.2, 0) is 4.74 Å². The van der Waals surface area contributed by atoms with Gasteiger partial charge in [-0.1, -0.05) is 0 Å². The number of hydrogen-bond donors (Lipinski definition) is 0. The zero-order valence-corrected chi connectivity index (χ0v) is 9.89. The highest BCUT2D eigenvalue weighted by Gasteiger charge is 2.11. The van der Waals surface area contributed by atoms with Gasteiger partial charge in [0, 0.05) is 12.4 Å². The van der Waals surface area contributed by atoms with Crippen LogP contribution in [0.15, 0.2) is 22.9 Å². The lowest BCUT2D eigenvalue weighted by Crippen LogP contribution is -2.03. The summed E-state index contributed by atoms with van der Waals surface area (Å²) in [5, 5.41) is 0. The van der Waals surface area contributed by atoms with Crippen molar-refractivity contribution in [2.24, 2.45) is 0 Å². The fraction of sp³-hybridized carbons (Fsp3) is 0.100. The van der Waals surface area contributed by atoms with E-state index < -0.39 is 5.97 Å². The number of imidazole rings is 1. The Labute approximate surface area is 99.2 Å². The Kier molecular flexibility index (Phi) is 2.74. The molecule has 2 aromatic heterocycles. The molecule has 0 unspecified atom stereocenters. The van der Waals surface area contributed by atoms with E-state index in [1.54, 1.807) is 22.9 Å². The van der Waals surface area contributed by atoms with Gasteiger partial charge in [0.05, 0.1) is 17.1 Å². The molecule has 16 heavy (non-hydrogen) atoms. The number of hydrogen-bond acceptors (Lipinski definition) is 4. The molecule has 0 bridgehead atoms. The monoisotopic (exact) mass is 282 g/mol. The molecule has 0 saturated carbocycles. The average Bonchev–Trinajstić information content (AvgIpc) is 2.71. The quantitative estimate of drug-likeness (QED) is 0.621. The normalized spacial score (nSPS) is 10.4. The molecule has 5 nitrogen and oxygen atoms in total. The lowest BCUT2D eigenvalue weighted by molar-refractivity contribution is 0.0600. The van der Waals surface area contributed by atoms with Crippen LogP contribution in [0.3, 0.4) is 0 Å². The van der Waals surface area contributed by atoms with Crippen molar-refractivity contribution in [3.63, 3.8) is 0 Å². The number of rotatable bonds is 2. The highest BCUT2D eigenvalue weighted by atomic mass is 79.9. The Morgan fingerprint density at radius 3 is 2.94 bits per heavy atom. The van der Waals surface area contributed by atoms with Gasteiger partial charge in [0.15, 0.2) is 11.9 Å². The topological polar surface area (TPSA) is 60.7 Å². The lowest BCUT2D eigenvalue weighted by atomic mass is 10.3. The van der Waals surface area contributed by atoms with Gasteiger partial charge in [0.1, 0.15) is 5.69 Å². The van der Waals surface area contributed by atoms with Gasteiger partial charge in [-0.2, -0.15) is 0 Å². The van der Waals surface area contributed by atoms with Crippen LogP contribution in [0.25, 0.3) is 5.65 Å². The molecule has 2 rings (SSSR count). The molecule has 0 aromatic carbocycles. The predicted molar refractivity (Wildman–Crippen MR) is 59.6 cm³/mol. The summed E-state index contributed by atoms with van der Waals surface area (Å²) in [4.78, 5) is 26.0. The summed E-state index contributed by atoms with van der Waals surface area (Å²) in [6.45, 7) is 0. The molecular weight excluding hydrogens is 276 g/mol. The van der Waals surface area contributed by atoms with E-state index in [0.29, 0.717) is 27.7 Å². The minimum absolute atomic E-state index is 0.308. The number of aromatic nitrogens is 2. The van der Waals surface area contributed by atoms with E-state index >= 15 is 0 Å². The van der Waals surface area contributed by atoms with Gasteiger partial charge < -0.3 is 9.14 Å². The van der Waals surface area contributed by atoms with Crippen LogP contribution < -0.4 is 0 Å². The number of esters is 1. The molecule has 0 N–H and O–H groups in total. The lowest BCUT2D eigenvalue weighted by Gasteiger charge is -2.01. The number of carbonyl (C=O) groups is 2. The number of carbonyl (C=O) groups excluding carboxylic acids is 2. The highest BCUT2D eigenvalue weighted by molar-refractivity contribution is 9.10. The standard InChI is InChI=1S/C10H7BrN2O3/c1-16-10(15)6-2-8(11)9-12-7(5-14)4-13(9)3-6/h2-5H,1H3. The third-order valence-electron chi connectivity index (χ3n) is 2.07. The summed E-state index contributed by atoms with van der Waals surface area (Å²) in [6, 6.07) is 1.60. The van der Waals surface area contributed by atoms with Gasteiger partial charge in [-0.25, -0.2) is 9.78 Å². The van der Waals surface area contributed by atoms with Crippen LogP contribution in [0.4, 0.5) is 0 Å². The van der Waals surface area contributed by atoms with Crippen molar-refractivity contribution in [1.29, 1.82) is 0 Å². The zero-order valence-electron chi connectivity index (χ0n) is 8.31. The summed E-state index contributed by atoms with van der Waals surface area (Å²) in [6.07, 6.45) is 3.75. The van der Waals surface area contributed by atoms with Crippen molar-refractivity contribution < 1.29 is 14.3 Å². The smallest absolute Gasteiger partial charge is 0.339 e. The molecular formula is C10H7BrN2O3. The molecule has 2 aromatic rings. The molecule has 0 aliphatic carbocycles. The third kappa shape index (κ3) is 1.71. The van der Waals surface area contributed by atoms with Crippen LogP contribution in [-0.4, -0.2) is 28.7 Å². The first-order valence-electron chi connectivity index (χ1n) is 4.37. The first-order chi connectivity index (χ1) is 7.65. The fourth-order valence-corrected chi connectivity index (χ4v) is 1.90. The van der Waals surface area contributed by atoms with E-state index in [0.717, 1.165) is 0 Å². The molecule has 0 spiro atoms. The molecule has 0 atom stereocenters. The highest BCUT2D eigenvalue weighted by Crippen LogP contribution is 2.19. The summed E-state index contributed by atoms with van der Waals surface area (Å²) in [5.41, 5.74) is 1.27. The second-order valence-corrected chi connectivity index (χ2v) is 3.94. The van der Waals surface area contributed by atoms with Crippen LogP contribution >= 0.6 is 15.9 Å². The van der Waals surface area contributed by atoms with Crippen LogP contribution in [0.5, 0.6) is 0 Å². The van der Waals surface area contributed by atoms with Crippen molar-refractivity contribution in [3.05, 3.63) is 34.2 Å². The van der Waals surface area contributed by atoms with Gasteiger partial charge in [-0.05, 0) is 22.0 Å². The molecule has 0 aliphatic rings. The number of halogens is 1. The zero-order chi connectivity index (χ0) is 11.7. The van der Waals surface area contributed by atoms with Crippen molar-refractivity contribution >= 4 is 33.8 Å². The minimum atomic E-state index is -0.441. The molecule has 0 radical (unpaired) electrons. The van der Waals surface area contributed by atoms with E-state index in [2.05, 4.69) is 25.7 Å². The van der Waals surface area contributed by atoms with Crippen molar-refractivity contribution in [3.8, 4) is 0 Å². The van der Waals surface area contributed by atoms with Crippen molar-refractivity contribution in [1.82, 2.24) is 9.38 Å². The van der Waals surface area contributed by atoms with Gasteiger partial charge >= 0.3 is 5.97 Å². The van der Waals surface area contributed by atoms with Crippen molar-refractivity contribution in [2.45, 2.75) is 0 Å². The molecule has 6 heteroatoms. The molecule has 2 heterocycles. The summed E-state index contributed by atoms with van der Waals surface area (Å²) in [7, 11) is 1.31. The first kappa shape index (κ1) is 10.8. The Balaban J connectivity index is 2.66. The van der Waals surface area contributed by atoms with Crippen LogP contribution in [0, 0.1) is 0 Å². The maximum atomic E-state index is 11.3.